The molecule has 0 N–H and O–H groups in total. The van der Waals surface area contributed by atoms with E-state index in [0.29, 0.717) is 5.82 Å². The van der Waals surface area contributed by atoms with Crippen LogP contribution in [0.5, 0.6) is 0 Å². The van der Waals surface area contributed by atoms with Crippen LogP contribution in [0.15, 0.2) is 24.7 Å². The van der Waals surface area contributed by atoms with Gasteiger partial charge in [0, 0.05) is 6.20 Å². The summed E-state index contributed by atoms with van der Waals surface area (Å²) in [5.74, 6) is 0.588. The molecule has 0 bridgehead atoms. The third kappa shape index (κ3) is 0.699. The highest BCUT2D eigenvalue weighted by Crippen LogP contribution is 2.08. The monoisotopic (exact) mass is 132 g/mol. The average Bonchev–Trinajstić information content (AvgIpc) is 2.28. The van der Waals surface area contributed by atoms with Crippen molar-refractivity contribution >= 4 is 0 Å². The molecule has 0 saturated heterocycles. The molecule has 2 aliphatic heterocycles. The zero-order chi connectivity index (χ0) is 6.81. The minimum absolute atomic E-state index is 0.588. The van der Waals surface area contributed by atoms with Crippen molar-refractivity contribution in [1.29, 1.82) is 0 Å². The Balaban J connectivity index is 2.74. The van der Waals surface area contributed by atoms with Gasteiger partial charge in [-0.05, 0) is 12.1 Å². The molecule has 2 aliphatic rings. The van der Waals surface area contributed by atoms with Crippen molar-refractivity contribution in [3.8, 4) is 11.5 Å². The van der Waals surface area contributed by atoms with E-state index in [1.54, 1.807) is 12.3 Å². The number of hydrogen-bond donors (Lipinski definition) is 0. The third-order valence-electron chi connectivity index (χ3n) is 1.17. The second-order valence-electron chi connectivity index (χ2n) is 1.81. The molecule has 0 fully saturated rings. The topological polar surface area (TPSA) is 51.6 Å². The zero-order valence-corrected chi connectivity index (χ0v) is 5.10. The van der Waals surface area contributed by atoms with Gasteiger partial charge in [-0.2, -0.15) is 5.10 Å². The summed E-state index contributed by atoms with van der Waals surface area (Å²) in [5.41, 5.74) is 0.775. The predicted octanol–water partition coefficient (Wildman–Crippen LogP) is 0.371. The van der Waals surface area contributed by atoms with Gasteiger partial charge in [-0.3, -0.25) is 0 Å². The Morgan fingerprint density at radius 3 is 3.20 bits per heavy atom. The SMILES string of the molecule is c1cnnc2ncnc-2c1. The van der Waals surface area contributed by atoms with E-state index in [0.717, 1.165) is 5.69 Å². The van der Waals surface area contributed by atoms with Gasteiger partial charge >= 0.3 is 0 Å². The fraction of sp³-hybridized carbons (Fsp3) is 0. The van der Waals surface area contributed by atoms with Crippen molar-refractivity contribution in [3.63, 3.8) is 0 Å². The Kier molecular flexibility index (Phi) is 1.04. The van der Waals surface area contributed by atoms with Crippen LogP contribution in [0.25, 0.3) is 11.5 Å². The summed E-state index contributed by atoms with van der Waals surface area (Å²) in [5, 5.41) is 7.48. The van der Waals surface area contributed by atoms with Crippen LogP contribution in [0, 0.1) is 0 Å². The fourth-order valence-corrected chi connectivity index (χ4v) is 0.725. The maximum atomic E-state index is 3.95. The maximum absolute atomic E-state index is 3.95. The normalized spacial score (nSPS) is 10.0. The summed E-state index contributed by atoms with van der Waals surface area (Å²) in [6.45, 7) is 0. The molecule has 0 radical (unpaired) electrons. The third-order valence-corrected chi connectivity index (χ3v) is 1.17. The van der Waals surface area contributed by atoms with Gasteiger partial charge < -0.3 is 0 Å². The first kappa shape index (κ1) is 5.22. The Bertz CT molecular complexity index is 281. The number of imidazole rings is 1. The highest BCUT2D eigenvalue weighted by molar-refractivity contribution is 5.47. The summed E-state index contributed by atoms with van der Waals surface area (Å²) in [7, 11) is 0. The van der Waals surface area contributed by atoms with Gasteiger partial charge in [0.25, 0.3) is 0 Å². The standard InChI is InChI=1S/C6H4N4/c1-2-5-6(8-4-7-5)10-9-3-1/h1-4H. The zero-order valence-electron chi connectivity index (χ0n) is 5.10. The molecule has 4 heteroatoms. The number of hydrogen-bond acceptors (Lipinski definition) is 4. The van der Waals surface area contributed by atoms with E-state index in [1.807, 2.05) is 6.07 Å². The Labute approximate surface area is 57.3 Å². The lowest BCUT2D eigenvalue weighted by Crippen LogP contribution is -1.78. The van der Waals surface area contributed by atoms with Gasteiger partial charge in [0.05, 0.1) is 0 Å². The lowest BCUT2D eigenvalue weighted by Gasteiger charge is -1.78. The van der Waals surface area contributed by atoms with Crippen molar-refractivity contribution < 1.29 is 0 Å². The van der Waals surface area contributed by atoms with E-state index in [2.05, 4.69) is 20.2 Å². The van der Waals surface area contributed by atoms with Gasteiger partial charge in [-0.1, -0.05) is 0 Å². The first-order chi connectivity index (χ1) is 4.97. The van der Waals surface area contributed by atoms with E-state index >= 15 is 0 Å². The molecular formula is C6H4N4. The van der Waals surface area contributed by atoms with Gasteiger partial charge in [-0.15, -0.1) is 5.10 Å². The van der Waals surface area contributed by atoms with Gasteiger partial charge in [0.15, 0.2) is 0 Å². The summed E-state index contributed by atoms with van der Waals surface area (Å²) in [4.78, 5) is 7.82. The highest BCUT2D eigenvalue weighted by atomic mass is 15.1. The van der Waals surface area contributed by atoms with Crippen LogP contribution in [-0.2, 0) is 0 Å². The minimum atomic E-state index is 0.588. The highest BCUT2D eigenvalue weighted by Gasteiger charge is 2.01. The molecular weight excluding hydrogens is 128 g/mol. The van der Waals surface area contributed by atoms with Gasteiger partial charge in [0.1, 0.15) is 12.0 Å². The smallest absolute Gasteiger partial charge is 0.201 e. The van der Waals surface area contributed by atoms with Crippen LogP contribution in [0.3, 0.4) is 0 Å². The fourth-order valence-electron chi connectivity index (χ4n) is 0.725. The average molecular weight is 132 g/mol. The van der Waals surface area contributed by atoms with Gasteiger partial charge in [0.2, 0.25) is 5.82 Å². The van der Waals surface area contributed by atoms with Gasteiger partial charge in [-0.25, -0.2) is 9.97 Å². The molecule has 0 saturated carbocycles. The second kappa shape index (κ2) is 1.98. The molecule has 0 aromatic carbocycles. The largest absolute Gasteiger partial charge is 0.233 e. The maximum Gasteiger partial charge on any atom is 0.201 e. The molecule has 0 spiro atoms. The van der Waals surface area contributed by atoms with E-state index in [1.165, 1.54) is 6.33 Å². The molecule has 0 amide bonds. The lowest BCUT2D eigenvalue weighted by atomic mass is 10.4. The Morgan fingerprint density at radius 2 is 2.20 bits per heavy atom. The Morgan fingerprint density at radius 1 is 1.20 bits per heavy atom. The molecule has 0 atom stereocenters. The number of rotatable bonds is 0. The molecule has 0 aromatic rings. The molecule has 0 aliphatic carbocycles. The number of aromatic nitrogens is 4. The van der Waals surface area contributed by atoms with E-state index in [-0.39, 0.29) is 0 Å². The lowest BCUT2D eigenvalue weighted by molar-refractivity contribution is 1.03. The van der Waals surface area contributed by atoms with Crippen LogP contribution in [0.4, 0.5) is 0 Å². The van der Waals surface area contributed by atoms with Crippen molar-refractivity contribution in [2.75, 3.05) is 0 Å². The Hall–Kier alpha value is -1.58. The molecule has 2 rings (SSSR count). The van der Waals surface area contributed by atoms with E-state index in [4.69, 9.17) is 0 Å². The molecule has 10 heavy (non-hydrogen) atoms. The van der Waals surface area contributed by atoms with Crippen LogP contribution >= 0.6 is 0 Å². The molecule has 48 valence electrons. The van der Waals surface area contributed by atoms with Crippen molar-refractivity contribution in [1.82, 2.24) is 20.2 Å². The predicted molar refractivity (Wildman–Crippen MR) is 34.2 cm³/mol. The summed E-state index contributed by atoms with van der Waals surface area (Å²) >= 11 is 0. The minimum Gasteiger partial charge on any atom is -0.233 e. The molecule has 0 unspecified atom stereocenters. The number of fused-ring (bicyclic) bond motifs is 1. The van der Waals surface area contributed by atoms with E-state index < -0.39 is 0 Å². The summed E-state index contributed by atoms with van der Waals surface area (Å²) < 4.78 is 0. The van der Waals surface area contributed by atoms with Crippen molar-refractivity contribution in [3.05, 3.63) is 24.7 Å². The first-order valence-electron chi connectivity index (χ1n) is 2.85. The molecule has 4 nitrogen and oxygen atoms in total. The quantitative estimate of drug-likeness (QED) is 0.519. The van der Waals surface area contributed by atoms with Crippen LogP contribution in [0.1, 0.15) is 0 Å². The van der Waals surface area contributed by atoms with Crippen molar-refractivity contribution in [2.45, 2.75) is 0 Å². The summed E-state index contributed by atoms with van der Waals surface area (Å²) in [6.07, 6.45) is 3.07. The molecule has 0 aromatic heterocycles. The van der Waals surface area contributed by atoms with Crippen LogP contribution < -0.4 is 0 Å². The number of nitrogens with zero attached hydrogens (tertiary/aromatic N) is 4. The first-order valence-corrected chi connectivity index (χ1v) is 2.85. The van der Waals surface area contributed by atoms with E-state index in [9.17, 15) is 0 Å². The molecule has 2 heterocycles. The second-order valence-corrected chi connectivity index (χ2v) is 1.81. The summed E-state index contributed by atoms with van der Waals surface area (Å²) in [6, 6.07) is 3.60. The van der Waals surface area contributed by atoms with Crippen molar-refractivity contribution in [2.24, 2.45) is 0 Å². The van der Waals surface area contributed by atoms with Crippen LogP contribution in [0.2, 0.25) is 0 Å². The van der Waals surface area contributed by atoms with Crippen LogP contribution in [-0.4, -0.2) is 20.2 Å².